The van der Waals surface area contributed by atoms with Crippen LogP contribution in [0.1, 0.15) is 0 Å². The molecule has 10 heteroatoms. The highest BCUT2D eigenvalue weighted by molar-refractivity contribution is 7.93. The van der Waals surface area contributed by atoms with Gasteiger partial charge in [-0.1, -0.05) is 41.9 Å². The molecule has 0 aliphatic carbocycles. The third-order valence-electron chi connectivity index (χ3n) is 3.92. The Morgan fingerprint density at radius 1 is 0.821 bits per heavy atom. The van der Waals surface area contributed by atoms with Gasteiger partial charge in [-0.3, -0.25) is 4.72 Å². The summed E-state index contributed by atoms with van der Waals surface area (Å²) >= 11 is 6.04. The number of halogens is 1. The van der Waals surface area contributed by atoms with Gasteiger partial charge in [-0.2, -0.15) is 0 Å². The first-order valence-electron chi connectivity index (χ1n) is 7.88. The van der Waals surface area contributed by atoms with Crippen LogP contribution in [0.25, 0.3) is 11.1 Å². The van der Waals surface area contributed by atoms with Gasteiger partial charge in [0.1, 0.15) is 4.90 Å². The number of nitrogens with one attached hydrogen (secondary N) is 1. The molecular weight excluding hydrogens is 422 g/mol. The van der Waals surface area contributed by atoms with Gasteiger partial charge in [0.05, 0.1) is 21.3 Å². The van der Waals surface area contributed by atoms with E-state index in [1.165, 1.54) is 36.4 Å². The van der Waals surface area contributed by atoms with E-state index < -0.39 is 20.0 Å². The minimum absolute atomic E-state index is 0.0535. The van der Waals surface area contributed by atoms with Crippen LogP contribution < -0.4 is 15.6 Å². The molecule has 3 rings (SSSR count). The number of sulfonamides is 2. The fourth-order valence-corrected chi connectivity index (χ4v) is 4.62. The van der Waals surface area contributed by atoms with E-state index in [0.29, 0.717) is 21.8 Å². The molecule has 0 fully saturated rings. The molecule has 5 N–H and O–H groups in total. The Labute approximate surface area is 168 Å². The summed E-state index contributed by atoms with van der Waals surface area (Å²) in [5.41, 5.74) is 7.27. The molecule has 7 nitrogen and oxygen atoms in total. The van der Waals surface area contributed by atoms with Gasteiger partial charge in [-0.05, 0) is 47.5 Å². The maximum absolute atomic E-state index is 12.8. The summed E-state index contributed by atoms with van der Waals surface area (Å²) in [5, 5.41) is 5.51. The van der Waals surface area contributed by atoms with Crippen LogP contribution in [0.5, 0.6) is 0 Å². The predicted molar refractivity (Wildman–Crippen MR) is 110 cm³/mol. The number of primary sulfonamides is 1. The predicted octanol–water partition coefficient (Wildman–Crippen LogP) is 3.04. The van der Waals surface area contributed by atoms with Crippen LogP contribution in [0.4, 0.5) is 11.4 Å². The number of hydrogen-bond acceptors (Lipinski definition) is 5. The fraction of sp³-hybridized carbons (Fsp3) is 0. The molecule has 0 radical (unpaired) electrons. The minimum Gasteiger partial charge on any atom is -0.398 e. The second-order valence-electron chi connectivity index (χ2n) is 5.91. The Kier molecular flexibility index (Phi) is 5.35. The zero-order chi connectivity index (χ0) is 20.5. The van der Waals surface area contributed by atoms with E-state index in [2.05, 4.69) is 4.72 Å². The minimum atomic E-state index is -4.10. The van der Waals surface area contributed by atoms with Crippen molar-refractivity contribution in [3.8, 4) is 11.1 Å². The lowest BCUT2D eigenvalue weighted by Gasteiger charge is -2.12. The summed E-state index contributed by atoms with van der Waals surface area (Å²) in [6.45, 7) is 0. The maximum atomic E-state index is 12.8. The Morgan fingerprint density at radius 3 is 2.18 bits per heavy atom. The number of hydrogen-bond donors (Lipinski definition) is 3. The molecule has 28 heavy (non-hydrogen) atoms. The molecule has 0 aromatic heterocycles. The van der Waals surface area contributed by atoms with E-state index >= 15 is 0 Å². The van der Waals surface area contributed by atoms with Crippen molar-refractivity contribution in [1.82, 2.24) is 0 Å². The van der Waals surface area contributed by atoms with Gasteiger partial charge in [0.15, 0.2) is 0 Å². The van der Waals surface area contributed by atoms with Crippen molar-refractivity contribution in [3.63, 3.8) is 0 Å². The van der Waals surface area contributed by atoms with Gasteiger partial charge in [-0.25, -0.2) is 22.0 Å². The third kappa shape index (κ3) is 4.28. The highest BCUT2D eigenvalue weighted by Crippen LogP contribution is 2.29. The van der Waals surface area contributed by atoms with Crippen LogP contribution in [0, 0.1) is 0 Å². The smallest absolute Gasteiger partial charge is 0.261 e. The lowest BCUT2D eigenvalue weighted by Crippen LogP contribution is -2.18. The zero-order valence-electron chi connectivity index (χ0n) is 14.3. The summed E-state index contributed by atoms with van der Waals surface area (Å²) in [6, 6.07) is 16.6. The molecule has 0 atom stereocenters. The van der Waals surface area contributed by atoms with E-state index in [9.17, 15) is 16.8 Å². The van der Waals surface area contributed by atoms with E-state index in [4.69, 9.17) is 22.5 Å². The Balaban J connectivity index is 2.01. The van der Waals surface area contributed by atoms with Gasteiger partial charge in [0.25, 0.3) is 10.0 Å². The van der Waals surface area contributed by atoms with Crippen molar-refractivity contribution in [1.29, 1.82) is 0 Å². The molecule has 0 aliphatic heterocycles. The van der Waals surface area contributed by atoms with Crippen LogP contribution in [-0.4, -0.2) is 16.8 Å². The van der Waals surface area contributed by atoms with Crippen molar-refractivity contribution in [3.05, 3.63) is 71.8 Å². The first kappa shape index (κ1) is 20.2. The van der Waals surface area contributed by atoms with E-state index in [0.717, 1.165) is 0 Å². The Morgan fingerprint density at radius 2 is 1.50 bits per heavy atom. The van der Waals surface area contributed by atoms with E-state index in [1.807, 2.05) is 0 Å². The fourth-order valence-electron chi connectivity index (χ4n) is 2.55. The highest BCUT2D eigenvalue weighted by Gasteiger charge is 2.20. The average molecular weight is 438 g/mol. The highest BCUT2D eigenvalue weighted by atomic mass is 35.5. The standard InChI is InChI=1S/C18H16ClN3O4S2/c19-15-11-13(8-9-16(15)20)12-4-3-5-14(10-12)28(25,26)22-17-6-1-2-7-18(17)27(21,23)24/h1-11,22H,20H2,(H2,21,23,24). The van der Waals surface area contributed by atoms with Crippen LogP contribution >= 0.6 is 11.6 Å². The first-order chi connectivity index (χ1) is 13.1. The second kappa shape index (κ2) is 7.44. The Hall–Kier alpha value is -2.59. The number of nitrogens with two attached hydrogens (primary N) is 2. The van der Waals surface area contributed by atoms with Crippen LogP contribution in [0.2, 0.25) is 5.02 Å². The summed E-state index contributed by atoms with van der Waals surface area (Å²) in [4.78, 5) is -0.373. The number of nitrogen functional groups attached to an aromatic ring is 1. The van der Waals surface area contributed by atoms with Crippen LogP contribution in [-0.2, 0) is 20.0 Å². The molecule has 0 unspecified atom stereocenters. The molecule has 0 bridgehead atoms. The molecule has 3 aromatic carbocycles. The molecule has 0 spiro atoms. The van der Waals surface area contributed by atoms with E-state index in [1.54, 1.807) is 30.3 Å². The van der Waals surface area contributed by atoms with E-state index in [-0.39, 0.29) is 15.5 Å². The summed E-state index contributed by atoms with van der Waals surface area (Å²) in [6.07, 6.45) is 0. The Bertz CT molecular complexity index is 1260. The molecular formula is C18H16ClN3O4S2. The molecule has 3 aromatic rings. The van der Waals surface area contributed by atoms with Gasteiger partial charge in [0, 0.05) is 0 Å². The van der Waals surface area contributed by atoms with Crippen molar-refractivity contribution in [2.75, 3.05) is 10.5 Å². The molecule has 0 amide bonds. The quantitative estimate of drug-likeness (QED) is 0.527. The topological polar surface area (TPSA) is 132 Å². The first-order valence-corrected chi connectivity index (χ1v) is 11.3. The number of rotatable bonds is 5. The normalized spacial score (nSPS) is 11.9. The summed E-state index contributed by atoms with van der Waals surface area (Å²) in [7, 11) is -8.17. The van der Waals surface area contributed by atoms with Crippen molar-refractivity contribution < 1.29 is 16.8 Å². The van der Waals surface area contributed by atoms with Crippen molar-refractivity contribution in [2.45, 2.75) is 9.79 Å². The van der Waals surface area contributed by atoms with Gasteiger partial charge < -0.3 is 5.73 Å². The number of anilines is 2. The third-order valence-corrected chi connectivity index (χ3v) is 6.58. The molecule has 0 aliphatic rings. The maximum Gasteiger partial charge on any atom is 0.261 e. The van der Waals surface area contributed by atoms with Crippen LogP contribution in [0.3, 0.4) is 0 Å². The largest absolute Gasteiger partial charge is 0.398 e. The van der Waals surface area contributed by atoms with Gasteiger partial charge in [0.2, 0.25) is 10.0 Å². The molecule has 0 heterocycles. The second-order valence-corrected chi connectivity index (χ2v) is 9.53. The van der Waals surface area contributed by atoms with Gasteiger partial charge >= 0.3 is 0 Å². The monoisotopic (exact) mass is 437 g/mol. The summed E-state index contributed by atoms with van der Waals surface area (Å²) in [5.74, 6) is 0. The van der Waals surface area contributed by atoms with Crippen LogP contribution in [0.15, 0.2) is 76.5 Å². The van der Waals surface area contributed by atoms with Gasteiger partial charge in [-0.15, -0.1) is 0 Å². The zero-order valence-corrected chi connectivity index (χ0v) is 16.7. The summed E-state index contributed by atoms with van der Waals surface area (Å²) < 4.78 is 51.3. The lowest BCUT2D eigenvalue weighted by molar-refractivity contribution is 0.598. The number of para-hydroxylation sites is 1. The average Bonchev–Trinajstić information content (AvgIpc) is 2.63. The molecule has 0 saturated heterocycles. The molecule has 0 saturated carbocycles. The SMILES string of the molecule is Nc1ccc(-c2cccc(S(=O)(=O)Nc3ccccc3S(N)(=O)=O)c2)cc1Cl. The van der Waals surface area contributed by atoms with Crippen molar-refractivity contribution in [2.24, 2.45) is 5.14 Å². The number of benzene rings is 3. The molecule has 146 valence electrons. The van der Waals surface area contributed by atoms with Crippen molar-refractivity contribution >= 4 is 43.0 Å². The lowest BCUT2D eigenvalue weighted by atomic mass is 10.1.